The van der Waals surface area contributed by atoms with Crippen molar-refractivity contribution in [2.75, 3.05) is 0 Å². The molecule has 1 aromatic carbocycles. The Morgan fingerprint density at radius 2 is 2.20 bits per heavy atom. The topological polar surface area (TPSA) is 36.7 Å². The Morgan fingerprint density at radius 1 is 1.33 bits per heavy atom. The molecule has 0 aliphatic rings. The van der Waals surface area contributed by atoms with Crippen LogP contribution < -0.4 is 0 Å². The average molecular weight is 194 g/mol. The summed E-state index contributed by atoms with van der Waals surface area (Å²) in [5, 5.41) is 9.52. The molecule has 2 heteroatoms. The van der Waals surface area contributed by atoms with Crippen LogP contribution >= 0.6 is 0 Å². The van der Waals surface area contributed by atoms with Gasteiger partial charge in [-0.15, -0.1) is 0 Å². The van der Waals surface area contributed by atoms with Crippen molar-refractivity contribution in [2.24, 2.45) is 0 Å². The minimum Gasteiger partial charge on any atom is -0.256 e. The average Bonchev–Trinajstić information content (AvgIpc) is 2.29. The first-order valence-corrected chi connectivity index (χ1v) is 4.78. The largest absolute Gasteiger partial charge is 0.256 e. The van der Waals surface area contributed by atoms with E-state index in [1.54, 1.807) is 0 Å². The maximum atomic E-state index is 8.40. The van der Waals surface area contributed by atoms with Crippen LogP contribution in [0, 0.1) is 11.3 Å². The molecule has 0 N–H and O–H groups in total. The standard InChI is InChI=1S/C13H10N2/c14-8-4-3-5-11-9-12-6-1-2-7-13(12)15-10-11/h1-3,5-7,9-10H,4H2. The molecule has 0 atom stereocenters. The predicted octanol–water partition coefficient (Wildman–Crippen LogP) is 3.16. The number of nitrogens with zero attached hydrogens (tertiary/aromatic N) is 2. The minimum absolute atomic E-state index is 0.437. The Morgan fingerprint density at radius 3 is 3.07 bits per heavy atom. The third kappa shape index (κ3) is 2.21. The van der Waals surface area contributed by atoms with E-state index in [0.29, 0.717) is 6.42 Å². The van der Waals surface area contributed by atoms with Crippen LogP contribution in [0.25, 0.3) is 17.0 Å². The summed E-state index contributed by atoms with van der Waals surface area (Å²) in [7, 11) is 0. The first-order chi connectivity index (χ1) is 7.40. The zero-order valence-electron chi connectivity index (χ0n) is 8.22. The van der Waals surface area contributed by atoms with Crippen molar-refractivity contribution in [3.05, 3.63) is 48.2 Å². The molecule has 0 unspecified atom stereocenters. The summed E-state index contributed by atoms with van der Waals surface area (Å²) in [5.41, 5.74) is 2.03. The van der Waals surface area contributed by atoms with Crippen molar-refractivity contribution < 1.29 is 0 Å². The Labute approximate surface area is 88.5 Å². The van der Waals surface area contributed by atoms with Gasteiger partial charge in [-0.05, 0) is 17.7 Å². The summed E-state index contributed by atoms with van der Waals surface area (Å²) in [4.78, 5) is 4.33. The fourth-order valence-electron chi connectivity index (χ4n) is 1.43. The van der Waals surface area contributed by atoms with E-state index < -0.39 is 0 Å². The smallest absolute Gasteiger partial charge is 0.0702 e. The van der Waals surface area contributed by atoms with Gasteiger partial charge in [-0.1, -0.05) is 30.4 Å². The van der Waals surface area contributed by atoms with E-state index in [4.69, 9.17) is 5.26 Å². The van der Waals surface area contributed by atoms with Gasteiger partial charge in [0.25, 0.3) is 0 Å². The fourth-order valence-corrected chi connectivity index (χ4v) is 1.43. The van der Waals surface area contributed by atoms with E-state index in [2.05, 4.69) is 17.1 Å². The number of para-hydroxylation sites is 1. The summed E-state index contributed by atoms with van der Waals surface area (Å²) < 4.78 is 0. The molecular weight excluding hydrogens is 184 g/mol. The second kappa shape index (κ2) is 4.39. The molecule has 2 nitrogen and oxygen atoms in total. The van der Waals surface area contributed by atoms with Crippen LogP contribution in [0.2, 0.25) is 0 Å². The molecule has 15 heavy (non-hydrogen) atoms. The molecule has 2 rings (SSSR count). The minimum atomic E-state index is 0.437. The summed E-state index contributed by atoms with van der Waals surface area (Å²) in [6.45, 7) is 0. The van der Waals surface area contributed by atoms with Crippen LogP contribution in [-0.4, -0.2) is 4.98 Å². The molecule has 1 aromatic heterocycles. The van der Waals surface area contributed by atoms with Crippen LogP contribution in [0.3, 0.4) is 0 Å². The van der Waals surface area contributed by atoms with Gasteiger partial charge in [-0.25, -0.2) is 0 Å². The van der Waals surface area contributed by atoms with Crippen molar-refractivity contribution in [3.63, 3.8) is 0 Å². The van der Waals surface area contributed by atoms with Gasteiger partial charge in [0.05, 0.1) is 18.0 Å². The molecule has 1 heterocycles. The maximum Gasteiger partial charge on any atom is 0.0702 e. The molecule has 2 aromatic rings. The van der Waals surface area contributed by atoms with Crippen molar-refractivity contribution >= 4 is 17.0 Å². The number of benzene rings is 1. The lowest BCUT2D eigenvalue weighted by Crippen LogP contribution is -1.80. The third-order valence-electron chi connectivity index (χ3n) is 2.13. The van der Waals surface area contributed by atoms with E-state index in [9.17, 15) is 0 Å². The third-order valence-corrected chi connectivity index (χ3v) is 2.13. The Kier molecular flexibility index (Phi) is 2.75. The van der Waals surface area contributed by atoms with E-state index in [1.165, 1.54) is 0 Å². The van der Waals surface area contributed by atoms with Crippen LogP contribution in [0.15, 0.2) is 42.6 Å². The van der Waals surface area contributed by atoms with Crippen LogP contribution in [0.1, 0.15) is 12.0 Å². The van der Waals surface area contributed by atoms with Gasteiger partial charge in [0, 0.05) is 11.6 Å². The van der Waals surface area contributed by atoms with Gasteiger partial charge in [-0.2, -0.15) is 5.26 Å². The number of pyridine rings is 1. The first kappa shape index (κ1) is 9.42. The molecule has 0 amide bonds. The lowest BCUT2D eigenvalue weighted by molar-refractivity contribution is 1.35. The van der Waals surface area contributed by atoms with Crippen LogP contribution in [0.4, 0.5) is 0 Å². The highest BCUT2D eigenvalue weighted by atomic mass is 14.6. The summed E-state index contributed by atoms with van der Waals surface area (Å²) >= 11 is 0. The molecule has 0 saturated carbocycles. The lowest BCUT2D eigenvalue weighted by Gasteiger charge is -1.97. The number of aromatic nitrogens is 1. The molecular formula is C13H10N2. The molecule has 0 aliphatic carbocycles. The van der Waals surface area contributed by atoms with Gasteiger partial charge in [-0.3, -0.25) is 4.98 Å². The first-order valence-electron chi connectivity index (χ1n) is 4.78. The lowest BCUT2D eigenvalue weighted by atomic mass is 10.1. The highest BCUT2D eigenvalue weighted by Crippen LogP contribution is 2.13. The van der Waals surface area contributed by atoms with Crippen molar-refractivity contribution in [3.8, 4) is 6.07 Å². The monoisotopic (exact) mass is 194 g/mol. The highest BCUT2D eigenvalue weighted by molar-refractivity contribution is 5.80. The van der Waals surface area contributed by atoms with Gasteiger partial charge in [0.15, 0.2) is 0 Å². The van der Waals surface area contributed by atoms with E-state index >= 15 is 0 Å². The molecule has 0 aliphatic heterocycles. The Bertz CT molecular complexity index is 535. The molecule has 0 fully saturated rings. The molecule has 0 spiro atoms. The second-order valence-electron chi connectivity index (χ2n) is 3.23. The highest BCUT2D eigenvalue weighted by Gasteiger charge is 1.93. The number of rotatable bonds is 2. The molecule has 0 bridgehead atoms. The molecule has 0 saturated heterocycles. The van der Waals surface area contributed by atoms with E-state index in [0.717, 1.165) is 16.5 Å². The van der Waals surface area contributed by atoms with Crippen molar-refractivity contribution in [1.29, 1.82) is 5.26 Å². The van der Waals surface area contributed by atoms with E-state index in [1.807, 2.05) is 42.6 Å². The zero-order valence-corrected chi connectivity index (χ0v) is 8.22. The number of hydrogen-bond donors (Lipinski definition) is 0. The number of nitriles is 1. The van der Waals surface area contributed by atoms with Crippen LogP contribution in [-0.2, 0) is 0 Å². The fraction of sp³-hybridized carbons (Fsp3) is 0.0769. The van der Waals surface area contributed by atoms with Crippen molar-refractivity contribution in [1.82, 2.24) is 4.98 Å². The number of fused-ring (bicyclic) bond motifs is 1. The van der Waals surface area contributed by atoms with Gasteiger partial charge < -0.3 is 0 Å². The maximum absolute atomic E-state index is 8.40. The predicted molar refractivity (Wildman–Crippen MR) is 61.0 cm³/mol. The van der Waals surface area contributed by atoms with Gasteiger partial charge in [0.2, 0.25) is 0 Å². The van der Waals surface area contributed by atoms with Gasteiger partial charge in [0.1, 0.15) is 0 Å². The van der Waals surface area contributed by atoms with Crippen LogP contribution in [0.5, 0.6) is 0 Å². The van der Waals surface area contributed by atoms with E-state index in [-0.39, 0.29) is 0 Å². The zero-order chi connectivity index (χ0) is 10.5. The molecule has 72 valence electrons. The van der Waals surface area contributed by atoms with Crippen molar-refractivity contribution in [2.45, 2.75) is 6.42 Å². The number of hydrogen-bond acceptors (Lipinski definition) is 2. The number of allylic oxidation sites excluding steroid dienone is 1. The van der Waals surface area contributed by atoms with Gasteiger partial charge >= 0.3 is 0 Å². The Hall–Kier alpha value is -2.14. The SMILES string of the molecule is N#CCC=Cc1cnc2ccccc2c1. The second-order valence-corrected chi connectivity index (χ2v) is 3.23. The summed E-state index contributed by atoms with van der Waals surface area (Å²) in [6.07, 6.45) is 6.01. The Balaban J connectivity index is 2.35. The quantitative estimate of drug-likeness (QED) is 0.736. The molecule has 0 radical (unpaired) electrons. The summed E-state index contributed by atoms with van der Waals surface area (Å²) in [5.74, 6) is 0. The normalized spacial score (nSPS) is 10.6. The summed E-state index contributed by atoms with van der Waals surface area (Å²) in [6, 6.07) is 12.1.